The van der Waals surface area contributed by atoms with Gasteiger partial charge >= 0.3 is 0 Å². The number of carbonyl (C=O) groups is 1. The first-order chi connectivity index (χ1) is 6.53. The normalized spacial score (nSPS) is 11.4. The molecule has 0 spiro atoms. The monoisotopic (exact) mass is 197 g/mol. The Morgan fingerprint density at radius 1 is 1.71 bits per heavy atom. The molecule has 0 saturated heterocycles. The van der Waals surface area contributed by atoms with E-state index in [2.05, 4.69) is 15.0 Å². The molecule has 1 aromatic rings. The minimum Gasteiger partial charge on any atom is -0.364 e. The van der Waals surface area contributed by atoms with Crippen molar-refractivity contribution in [1.29, 1.82) is 0 Å². The number of rotatable bonds is 4. The molecule has 0 radical (unpaired) electrons. The fraction of sp³-hybridized carbons (Fsp3) is 0.556. The molecule has 0 atom stereocenters. The van der Waals surface area contributed by atoms with Crippen LogP contribution in [0, 0.1) is 0 Å². The van der Waals surface area contributed by atoms with Crippen molar-refractivity contribution < 1.29 is 9.32 Å². The smallest absolute Gasteiger partial charge is 0.226 e. The number of hydrogen-bond donors (Lipinski definition) is 2. The molecule has 1 amide bonds. The molecule has 0 aliphatic carbocycles. The second-order valence-corrected chi connectivity index (χ2v) is 3.80. The predicted octanol–water partition coefficient (Wildman–Crippen LogP) is 0.0706. The van der Waals surface area contributed by atoms with Crippen LogP contribution < -0.4 is 11.1 Å². The number of hydrogen-bond acceptors (Lipinski definition) is 4. The van der Waals surface area contributed by atoms with Gasteiger partial charge in [0.1, 0.15) is 6.26 Å². The van der Waals surface area contributed by atoms with Gasteiger partial charge in [-0.2, -0.15) is 0 Å². The summed E-state index contributed by atoms with van der Waals surface area (Å²) in [5, 5.41) is 6.44. The van der Waals surface area contributed by atoms with Gasteiger partial charge in [0.2, 0.25) is 5.91 Å². The number of nitrogens with one attached hydrogen (secondary N) is 1. The Balaban J connectivity index is 2.44. The van der Waals surface area contributed by atoms with Gasteiger partial charge in [-0.1, -0.05) is 5.16 Å². The van der Waals surface area contributed by atoms with Crippen molar-refractivity contribution in [2.24, 2.45) is 5.73 Å². The lowest BCUT2D eigenvalue weighted by Crippen LogP contribution is -2.49. The fourth-order valence-electron chi connectivity index (χ4n) is 0.966. The van der Waals surface area contributed by atoms with Crippen LogP contribution in [0.25, 0.3) is 0 Å². The molecule has 0 fully saturated rings. The molecule has 5 heteroatoms. The molecule has 0 aliphatic rings. The first kappa shape index (κ1) is 10.7. The molecule has 0 saturated carbocycles. The highest BCUT2D eigenvalue weighted by Crippen LogP contribution is 2.01. The Morgan fingerprint density at radius 3 is 2.93 bits per heavy atom. The summed E-state index contributed by atoms with van der Waals surface area (Å²) in [5.41, 5.74) is 5.73. The van der Waals surface area contributed by atoms with Gasteiger partial charge in [-0.15, -0.1) is 0 Å². The highest BCUT2D eigenvalue weighted by atomic mass is 16.5. The van der Waals surface area contributed by atoms with Crippen LogP contribution in [0.1, 0.15) is 19.5 Å². The van der Waals surface area contributed by atoms with Crippen LogP contribution >= 0.6 is 0 Å². The van der Waals surface area contributed by atoms with Crippen LogP contribution in [0.5, 0.6) is 0 Å². The van der Waals surface area contributed by atoms with E-state index < -0.39 is 0 Å². The van der Waals surface area contributed by atoms with Gasteiger partial charge in [-0.05, 0) is 13.8 Å². The van der Waals surface area contributed by atoms with Crippen molar-refractivity contribution in [3.63, 3.8) is 0 Å². The Bertz CT molecular complexity index is 293. The molecule has 78 valence electrons. The third-order valence-electron chi connectivity index (χ3n) is 1.82. The summed E-state index contributed by atoms with van der Waals surface area (Å²) < 4.78 is 4.62. The summed E-state index contributed by atoms with van der Waals surface area (Å²) in [6.45, 7) is 4.14. The molecular formula is C9H15N3O2. The van der Waals surface area contributed by atoms with Gasteiger partial charge in [0, 0.05) is 18.2 Å². The summed E-state index contributed by atoms with van der Waals surface area (Å²) in [4.78, 5) is 11.4. The van der Waals surface area contributed by atoms with E-state index in [1.807, 2.05) is 13.8 Å². The largest absolute Gasteiger partial charge is 0.364 e. The minimum absolute atomic E-state index is 0.102. The SMILES string of the molecule is CC(C)(CN)NC(=O)Cc1ccon1. The highest BCUT2D eigenvalue weighted by molar-refractivity contribution is 5.78. The third kappa shape index (κ3) is 3.18. The maximum Gasteiger partial charge on any atom is 0.226 e. The van der Waals surface area contributed by atoms with Crippen molar-refractivity contribution in [2.45, 2.75) is 25.8 Å². The van der Waals surface area contributed by atoms with Crippen LogP contribution in [0.4, 0.5) is 0 Å². The third-order valence-corrected chi connectivity index (χ3v) is 1.82. The quantitative estimate of drug-likeness (QED) is 0.715. The molecule has 0 aromatic carbocycles. The summed E-state index contributed by atoms with van der Waals surface area (Å²) in [5.74, 6) is -0.102. The summed E-state index contributed by atoms with van der Waals surface area (Å²) in [7, 11) is 0. The van der Waals surface area contributed by atoms with Gasteiger partial charge in [0.15, 0.2) is 0 Å². The fourth-order valence-corrected chi connectivity index (χ4v) is 0.966. The Morgan fingerprint density at radius 2 is 2.43 bits per heavy atom. The average Bonchev–Trinajstić information content (AvgIpc) is 2.55. The molecule has 1 aromatic heterocycles. The summed E-state index contributed by atoms with van der Waals surface area (Å²) in [6.07, 6.45) is 1.66. The molecular weight excluding hydrogens is 182 g/mol. The summed E-state index contributed by atoms with van der Waals surface area (Å²) >= 11 is 0. The van der Waals surface area contributed by atoms with Gasteiger partial charge in [-0.3, -0.25) is 4.79 Å². The second-order valence-electron chi connectivity index (χ2n) is 3.80. The average molecular weight is 197 g/mol. The first-order valence-corrected chi connectivity index (χ1v) is 4.44. The zero-order valence-corrected chi connectivity index (χ0v) is 8.41. The second kappa shape index (κ2) is 4.23. The van der Waals surface area contributed by atoms with E-state index in [1.54, 1.807) is 6.07 Å². The Kier molecular flexibility index (Phi) is 3.24. The molecule has 0 bridgehead atoms. The van der Waals surface area contributed by atoms with Crippen LogP contribution in [0.2, 0.25) is 0 Å². The van der Waals surface area contributed by atoms with Crippen molar-refractivity contribution in [3.05, 3.63) is 18.0 Å². The zero-order chi connectivity index (χ0) is 10.6. The lowest BCUT2D eigenvalue weighted by atomic mass is 10.1. The zero-order valence-electron chi connectivity index (χ0n) is 8.41. The lowest BCUT2D eigenvalue weighted by molar-refractivity contribution is -0.122. The van der Waals surface area contributed by atoms with E-state index in [1.165, 1.54) is 6.26 Å². The topological polar surface area (TPSA) is 81.1 Å². The molecule has 1 heterocycles. The molecule has 0 unspecified atom stereocenters. The van der Waals surface area contributed by atoms with E-state index in [-0.39, 0.29) is 17.9 Å². The van der Waals surface area contributed by atoms with Gasteiger partial charge in [0.05, 0.1) is 12.1 Å². The number of nitrogens with zero attached hydrogens (tertiary/aromatic N) is 1. The van der Waals surface area contributed by atoms with Crippen LogP contribution in [0.15, 0.2) is 16.9 Å². The van der Waals surface area contributed by atoms with E-state index >= 15 is 0 Å². The molecule has 1 rings (SSSR count). The molecule has 3 N–H and O–H groups in total. The van der Waals surface area contributed by atoms with Crippen LogP contribution in [-0.2, 0) is 11.2 Å². The highest BCUT2D eigenvalue weighted by Gasteiger charge is 2.18. The number of amides is 1. The Labute approximate surface area is 82.6 Å². The van der Waals surface area contributed by atoms with Crippen LogP contribution in [0.3, 0.4) is 0 Å². The van der Waals surface area contributed by atoms with E-state index in [0.29, 0.717) is 12.2 Å². The maximum absolute atomic E-state index is 11.4. The van der Waals surface area contributed by atoms with Crippen molar-refractivity contribution in [3.8, 4) is 0 Å². The van der Waals surface area contributed by atoms with E-state index in [0.717, 1.165) is 0 Å². The Hall–Kier alpha value is -1.36. The molecule has 14 heavy (non-hydrogen) atoms. The molecule has 0 aliphatic heterocycles. The minimum atomic E-state index is -0.374. The van der Waals surface area contributed by atoms with Crippen molar-refractivity contribution in [1.82, 2.24) is 10.5 Å². The number of nitrogens with two attached hydrogens (primary N) is 1. The maximum atomic E-state index is 11.4. The lowest BCUT2D eigenvalue weighted by Gasteiger charge is -2.23. The van der Waals surface area contributed by atoms with Crippen molar-refractivity contribution in [2.75, 3.05) is 6.54 Å². The number of carbonyl (C=O) groups excluding carboxylic acids is 1. The number of aromatic nitrogens is 1. The van der Waals surface area contributed by atoms with E-state index in [9.17, 15) is 4.79 Å². The van der Waals surface area contributed by atoms with Gasteiger partial charge in [0.25, 0.3) is 0 Å². The van der Waals surface area contributed by atoms with Crippen LogP contribution in [-0.4, -0.2) is 23.1 Å². The predicted molar refractivity (Wildman–Crippen MR) is 51.5 cm³/mol. The van der Waals surface area contributed by atoms with Gasteiger partial charge < -0.3 is 15.6 Å². The molecule has 5 nitrogen and oxygen atoms in total. The van der Waals surface area contributed by atoms with Crippen molar-refractivity contribution >= 4 is 5.91 Å². The van der Waals surface area contributed by atoms with E-state index in [4.69, 9.17) is 5.73 Å². The summed E-state index contributed by atoms with van der Waals surface area (Å²) in [6, 6.07) is 1.66. The standard InChI is InChI=1S/C9H15N3O2/c1-9(2,6-10)11-8(13)5-7-3-4-14-12-7/h3-4H,5-6,10H2,1-2H3,(H,11,13). The first-order valence-electron chi connectivity index (χ1n) is 4.44. The van der Waals surface area contributed by atoms with Gasteiger partial charge in [-0.25, -0.2) is 0 Å².